The lowest BCUT2D eigenvalue weighted by Crippen LogP contribution is -2.35. The van der Waals surface area contributed by atoms with Gasteiger partial charge in [0.05, 0.1) is 33.0 Å². The summed E-state index contributed by atoms with van der Waals surface area (Å²) in [6.07, 6.45) is 2.36. The molecule has 3 N–H and O–H groups in total. The summed E-state index contributed by atoms with van der Waals surface area (Å²) in [6.45, 7) is 8.23. The van der Waals surface area contributed by atoms with Crippen molar-refractivity contribution >= 4 is 11.8 Å². The maximum Gasteiger partial charge on any atom is 0.233 e. The van der Waals surface area contributed by atoms with Crippen molar-refractivity contribution < 1.29 is 19.1 Å². The number of carbonyl (C=O) groups excluding carboxylic acids is 2. The zero-order valence-electron chi connectivity index (χ0n) is 13.9. The summed E-state index contributed by atoms with van der Waals surface area (Å²) in [5.41, 5.74) is 0. The third-order valence-corrected chi connectivity index (χ3v) is 2.70. The smallest absolute Gasteiger partial charge is 0.233 e. The molecule has 130 valence electrons. The third-order valence-electron chi connectivity index (χ3n) is 2.70. The molecule has 0 aliphatic rings. The van der Waals surface area contributed by atoms with Crippen LogP contribution in [0.2, 0.25) is 0 Å². The first kappa shape index (κ1) is 20.8. The Bertz CT molecular complexity index is 288. The van der Waals surface area contributed by atoms with Crippen LogP contribution >= 0.6 is 0 Å². The standard InChI is InChI=1S/C15H31N3O4/c1-3-5-14(19)18-8-10-22-12-11-21-9-7-16-13-15(20)17-6-4-2/h16H,3-13H2,1-2H3,(H,17,20)(H,18,19). The van der Waals surface area contributed by atoms with E-state index in [1.165, 1.54) is 0 Å². The molecule has 0 unspecified atom stereocenters. The van der Waals surface area contributed by atoms with Crippen LogP contribution in [-0.4, -0.2) is 64.4 Å². The van der Waals surface area contributed by atoms with Gasteiger partial charge in [0.2, 0.25) is 11.8 Å². The van der Waals surface area contributed by atoms with E-state index in [0.717, 1.165) is 12.8 Å². The summed E-state index contributed by atoms with van der Waals surface area (Å²) in [4.78, 5) is 22.4. The van der Waals surface area contributed by atoms with E-state index in [2.05, 4.69) is 16.0 Å². The predicted molar refractivity (Wildman–Crippen MR) is 85.7 cm³/mol. The second-order valence-corrected chi connectivity index (χ2v) is 4.85. The molecule has 7 nitrogen and oxygen atoms in total. The second-order valence-electron chi connectivity index (χ2n) is 4.85. The van der Waals surface area contributed by atoms with Gasteiger partial charge in [0.1, 0.15) is 0 Å². The summed E-state index contributed by atoms with van der Waals surface area (Å²) in [6, 6.07) is 0. The number of carbonyl (C=O) groups is 2. The predicted octanol–water partition coefficient (Wildman–Crippen LogP) is 0.0517. The quantitative estimate of drug-likeness (QED) is 0.372. The zero-order valence-corrected chi connectivity index (χ0v) is 13.9. The molecule has 0 radical (unpaired) electrons. The minimum absolute atomic E-state index is 0.00954. The zero-order chi connectivity index (χ0) is 16.5. The highest BCUT2D eigenvalue weighted by molar-refractivity contribution is 5.77. The Morgan fingerprint density at radius 2 is 1.41 bits per heavy atom. The largest absolute Gasteiger partial charge is 0.378 e. The van der Waals surface area contributed by atoms with Gasteiger partial charge < -0.3 is 25.4 Å². The molecule has 22 heavy (non-hydrogen) atoms. The average Bonchev–Trinajstić information content (AvgIpc) is 2.50. The fraction of sp³-hybridized carbons (Fsp3) is 0.867. The first-order valence-electron chi connectivity index (χ1n) is 8.10. The van der Waals surface area contributed by atoms with Crippen LogP contribution in [0.5, 0.6) is 0 Å². The molecule has 0 saturated carbocycles. The van der Waals surface area contributed by atoms with Gasteiger partial charge in [-0.1, -0.05) is 13.8 Å². The van der Waals surface area contributed by atoms with Crippen molar-refractivity contribution in [1.29, 1.82) is 0 Å². The van der Waals surface area contributed by atoms with Crippen molar-refractivity contribution in [3.8, 4) is 0 Å². The van der Waals surface area contributed by atoms with Gasteiger partial charge in [-0.05, 0) is 12.8 Å². The summed E-state index contributed by atoms with van der Waals surface area (Å²) >= 11 is 0. The fourth-order valence-corrected chi connectivity index (χ4v) is 1.57. The van der Waals surface area contributed by atoms with E-state index in [0.29, 0.717) is 59.0 Å². The number of amides is 2. The molecule has 0 bridgehead atoms. The minimum Gasteiger partial charge on any atom is -0.378 e. The van der Waals surface area contributed by atoms with Gasteiger partial charge in [0.15, 0.2) is 0 Å². The highest BCUT2D eigenvalue weighted by Gasteiger charge is 1.99. The van der Waals surface area contributed by atoms with E-state index < -0.39 is 0 Å². The second kappa shape index (κ2) is 16.2. The van der Waals surface area contributed by atoms with Crippen molar-refractivity contribution in [2.24, 2.45) is 0 Å². The molecule has 0 spiro atoms. The molecule has 0 atom stereocenters. The van der Waals surface area contributed by atoms with Gasteiger partial charge in [-0.2, -0.15) is 0 Å². The Balaban J connectivity index is 3.14. The number of nitrogens with one attached hydrogen (secondary N) is 3. The van der Waals surface area contributed by atoms with E-state index in [1.54, 1.807) is 0 Å². The summed E-state index contributed by atoms with van der Waals surface area (Å²) < 4.78 is 10.7. The lowest BCUT2D eigenvalue weighted by atomic mass is 10.3. The van der Waals surface area contributed by atoms with E-state index in [4.69, 9.17) is 9.47 Å². The molecule has 0 aromatic rings. The fourth-order valence-electron chi connectivity index (χ4n) is 1.57. The van der Waals surface area contributed by atoms with Crippen molar-refractivity contribution in [2.75, 3.05) is 52.6 Å². The van der Waals surface area contributed by atoms with Crippen molar-refractivity contribution in [2.45, 2.75) is 33.1 Å². The van der Waals surface area contributed by atoms with E-state index in [9.17, 15) is 9.59 Å². The SMILES string of the molecule is CCCNC(=O)CNCCOCCOCCNC(=O)CCC. The minimum atomic E-state index is 0.00954. The van der Waals surface area contributed by atoms with Crippen LogP contribution in [0, 0.1) is 0 Å². The van der Waals surface area contributed by atoms with Gasteiger partial charge in [-0.25, -0.2) is 0 Å². The molecule has 0 aromatic carbocycles. The molecule has 2 amide bonds. The van der Waals surface area contributed by atoms with Crippen LogP contribution in [0.4, 0.5) is 0 Å². The molecular weight excluding hydrogens is 286 g/mol. The van der Waals surface area contributed by atoms with Crippen LogP contribution in [0.1, 0.15) is 33.1 Å². The van der Waals surface area contributed by atoms with Crippen LogP contribution in [0.15, 0.2) is 0 Å². The van der Waals surface area contributed by atoms with Crippen LogP contribution in [-0.2, 0) is 19.1 Å². The number of ether oxygens (including phenoxy) is 2. The number of hydrogen-bond acceptors (Lipinski definition) is 5. The molecule has 7 heteroatoms. The normalized spacial score (nSPS) is 10.5. The van der Waals surface area contributed by atoms with E-state index >= 15 is 0 Å². The Morgan fingerprint density at radius 1 is 0.773 bits per heavy atom. The maximum absolute atomic E-state index is 11.3. The Morgan fingerprint density at radius 3 is 2.05 bits per heavy atom. The average molecular weight is 317 g/mol. The van der Waals surface area contributed by atoms with Gasteiger partial charge in [-0.3, -0.25) is 9.59 Å². The van der Waals surface area contributed by atoms with Gasteiger partial charge in [0.25, 0.3) is 0 Å². The summed E-state index contributed by atoms with van der Waals surface area (Å²) in [7, 11) is 0. The van der Waals surface area contributed by atoms with E-state index in [1.807, 2.05) is 13.8 Å². The monoisotopic (exact) mass is 317 g/mol. The summed E-state index contributed by atoms with van der Waals surface area (Å²) in [5.74, 6) is 0.0756. The van der Waals surface area contributed by atoms with Crippen molar-refractivity contribution in [1.82, 2.24) is 16.0 Å². The van der Waals surface area contributed by atoms with Crippen LogP contribution in [0.3, 0.4) is 0 Å². The number of rotatable bonds is 15. The molecule has 0 aliphatic heterocycles. The van der Waals surface area contributed by atoms with E-state index in [-0.39, 0.29) is 11.8 Å². The topological polar surface area (TPSA) is 88.7 Å². The molecular formula is C15H31N3O4. The Labute approximate surface area is 133 Å². The Hall–Kier alpha value is -1.18. The number of hydrogen-bond donors (Lipinski definition) is 3. The van der Waals surface area contributed by atoms with Crippen molar-refractivity contribution in [3.05, 3.63) is 0 Å². The van der Waals surface area contributed by atoms with Gasteiger partial charge in [-0.15, -0.1) is 0 Å². The third kappa shape index (κ3) is 15.2. The van der Waals surface area contributed by atoms with Crippen LogP contribution < -0.4 is 16.0 Å². The lowest BCUT2D eigenvalue weighted by molar-refractivity contribution is -0.121. The highest BCUT2D eigenvalue weighted by atomic mass is 16.5. The maximum atomic E-state index is 11.3. The van der Waals surface area contributed by atoms with Crippen molar-refractivity contribution in [3.63, 3.8) is 0 Å². The molecule has 0 aliphatic carbocycles. The first-order valence-corrected chi connectivity index (χ1v) is 8.10. The molecule has 0 fully saturated rings. The Kier molecular flexibility index (Phi) is 15.3. The van der Waals surface area contributed by atoms with Gasteiger partial charge in [0, 0.05) is 26.1 Å². The van der Waals surface area contributed by atoms with Crippen LogP contribution in [0.25, 0.3) is 0 Å². The first-order chi connectivity index (χ1) is 10.7. The summed E-state index contributed by atoms with van der Waals surface area (Å²) in [5, 5.41) is 8.57. The molecule has 0 aromatic heterocycles. The van der Waals surface area contributed by atoms with Gasteiger partial charge >= 0.3 is 0 Å². The molecule has 0 rings (SSSR count). The lowest BCUT2D eigenvalue weighted by Gasteiger charge is -2.08. The molecule has 0 heterocycles. The molecule has 0 saturated heterocycles. The highest BCUT2D eigenvalue weighted by Crippen LogP contribution is 1.85.